The highest BCUT2D eigenvalue weighted by atomic mass is 35.5. The molecule has 5 nitrogen and oxygen atoms in total. The minimum absolute atomic E-state index is 0.127. The van der Waals surface area contributed by atoms with Gasteiger partial charge in [0.05, 0.1) is 10.0 Å². The molecule has 0 saturated carbocycles. The second-order valence-corrected chi connectivity index (χ2v) is 5.77. The molecule has 0 radical (unpaired) electrons. The normalized spacial score (nSPS) is 10.2. The molecule has 22 heavy (non-hydrogen) atoms. The SMILES string of the molecule is CN(C)Cc1cc(N)ccc1O.Nc1cc(Cl)c(O)c(Cl)c1. The summed E-state index contributed by atoms with van der Waals surface area (Å²) in [5.41, 5.74) is 12.9. The first-order valence-electron chi connectivity index (χ1n) is 6.36. The number of phenolic OH excluding ortho intramolecular Hbond substituents is 2. The molecule has 2 aromatic rings. The zero-order valence-corrected chi connectivity index (χ0v) is 13.9. The lowest BCUT2D eigenvalue weighted by atomic mass is 10.2. The number of anilines is 2. The van der Waals surface area contributed by atoms with Crippen molar-refractivity contribution in [2.24, 2.45) is 0 Å². The van der Waals surface area contributed by atoms with E-state index in [1.807, 2.05) is 19.0 Å². The van der Waals surface area contributed by atoms with Gasteiger partial charge in [-0.1, -0.05) is 23.2 Å². The van der Waals surface area contributed by atoms with Gasteiger partial charge in [0.1, 0.15) is 5.75 Å². The number of phenols is 2. The van der Waals surface area contributed by atoms with Crippen molar-refractivity contribution in [3.05, 3.63) is 45.9 Å². The lowest BCUT2D eigenvalue weighted by Crippen LogP contribution is -2.10. The largest absolute Gasteiger partial charge is 0.508 e. The third-order valence-electron chi connectivity index (χ3n) is 2.63. The summed E-state index contributed by atoms with van der Waals surface area (Å²) in [6.45, 7) is 0.705. The van der Waals surface area contributed by atoms with Gasteiger partial charge in [0.25, 0.3) is 0 Å². The van der Waals surface area contributed by atoms with Crippen LogP contribution in [0, 0.1) is 0 Å². The Morgan fingerprint density at radius 1 is 0.955 bits per heavy atom. The summed E-state index contributed by atoms with van der Waals surface area (Å²) >= 11 is 11.0. The predicted molar refractivity (Wildman–Crippen MR) is 92.4 cm³/mol. The van der Waals surface area contributed by atoms with E-state index < -0.39 is 0 Å². The van der Waals surface area contributed by atoms with Gasteiger partial charge in [-0.3, -0.25) is 0 Å². The van der Waals surface area contributed by atoms with E-state index in [9.17, 15) is 5.11 Å². The van der Waals surface area contributed by atoms with E-state index in [-0.39, 0.29) is 15.8 Å². The Morgan fingerprint density at radius 2 is 1.50 bits per heavy atom. The van der Waals surface area contributed by atoms with Gasteiger partial charge in [0.15, 0.2) is 5.75 Å². The molecule has 0 aliphatic rings. The first-order valence-corrected chi connectivity index (χ1v) is 7.12. The Kier molecular flexibility index (Phi) is 6.61. The lowest BCUT2D eigenvalue weighted by molar-refractivity contribution is 0.386. The maximum atomic E-state index is 9.40. The molecular weight excluding hydrogens is 325 g/mol. The number of nitrogens with zero attached hydrogens (tertiary/aromatic N) is 1. The van der Waals surface area contributed by atoms with Crippen LogP contribution < -0.4 is 11.5 Å². The van der Waals surface area contributed by atoms with Crippen molar-refractivity contribution in [3.63, 3.8) is 0 Å². The van der Waals surface area contributed by atoms with Crippen LogP contribution in [0.15, 0.2) is 30.3 Å². The fourth-order valence-electron chi connectivity index (χ4n) is 1.66. The number of nitrogens with two attached hydrogens (primary N) is 2. The number of hydrogen-bond acceptors (Lipinski definition) is 5. The molecule has 2 rings (SSSR count). The number of benzene rings is 2. The summed E-state index contributed by atoms with van der Waals surface area (Å²) in [5, 5.41) is 18.8. The Morgan fingerprint density at radius 3 is 2.00 bits per heavy atom. The van der Waals surface area contributed by atoms with Gasteiger partial charge < -0.3 is 26.6 Å². The molecule has 0 atom stereocenters. The van der Waals surface area contributed by atoms with Gasteiger partial charge in [-0.05, 0) is 44.4 Å². The standard InChI is InChI=1S/C9H14N2O.C6H5Cl2NO/c1-11(2)6-7-5-8(10)3-4-9(7)12;7-4-1-3(9)2-5(8)6(4)10/h3-5,12H,6,10H2,1-2H3;1-2,10H,9H2. The van der Waals surface area contributed by atoms with Crippen molar-refractivity contribution in [2.75, 3.05) is 25.6 Å². The minimum atomic E-state index is -0.127. The van der Waals surface area contributed by atoms with Gasteiger partial charge >= 0.3 is 0 Å². The molecular formula is C15H19Cl2N3O2. The third kappa shape index (κ3) is 5.52. The van der Waals surface area contributed by atoms with Crippen LogP contribution in [0.5, 0.6) is 11.5 Å². The Labute approximate surface area is 139 Å². The van der Waals surface area contributed by atoms with Crippen molar-refractivity contribution >= 4 is 34.6 Å². The van der Waals surface area contributed by atoms with Gasteiger partial charge in [-0.25, -0.2) is 0 Å². The first kappa shape index (κ1) is 18.2. The van der Waals surface area contributed by atoms with Crippen LogP contribution in [0.1, 0.15) is 5.56 Å². The zero-order chi connectivity index (χ0) is 16.9. The monoisotopic (exact) mass is 343 g/mol. The van der Waals surface area contributed by atoms with Gasteiger partial charge in [-0.15, -0.1) is 0 Å². The van der Waals surface area contributed by atoms with Gasteiger partial charge in [-0.2, -0.15) is 0 Å². The molecule has 0 amide bonds. The van der Waals surface area contributed by atoms with Crippen LogP contribution in [0.25, 0.3) is 0 Å². The van der Waals surface area contributed by atoms with E-state index in [4.69, 9.17) is 39.8 Å². The highest BCUT2D eigenvalue weighted by Crippen LogP contribution is 2.33. The number of aromatic hydroxyl groups is 2. The highest BCUT2D eigenvalue weighted by molar-refractivity contribution is 6.37. The van der Waals surface area contributed by atoms with E-state index >= 15 is 0 Å². The number of hydrogen-bond donors (Lipinski definition) is 4. The number of nitrogen functional groups attached to an aromatic ring is 2. The van der Waals surface area contributed by atoms with Gasteiger partial charge in [0, 0.05) is 23.5 Å². The van der Waals surface area contributed by atoms with E-state index in [2.05, 4.69) is 0 Å². The molecule has 7 heteroatoms. The molecule has 0 aliphatic carbocycles. The molecule has 0 unspecified atom stereocenters. The number of rotatable bonds is 2. The molecule has 0 spiro atoms. The lowest BCUT2D eigenvalue weighted by Gasteiger charge is -2.11. The molecule has 0 saturated heterocycles. The van der Waals surface area contributed by atoms with Crippen LogP contribution in [-0.4, -0.2) is 29.2 Å². The van der Waals surface area contributed by atoms with Crippen LogP contribution in [0.3, 0.4) is 0 Å². The fourth-order valence-corrected chi connectivity index (χ4v) is 2.16. The molecule has 120 valence electrons. The molecule has 0 heterocycles. The highest BCUT2D eigenvalue weighted by Gasteiger charge is 2.03. The molecule has 0 fully saturated rings. The van der Waals surface area contributed by atoms with Crippen LogP contribution in [0.2, 0.25) is 10.0 Å². The van der Waals surface area contributed by atoms with Crippen molar-refractivity contribution in [2.45, 2.75) is 6.54 Å². The summed E-state index contributed by atoms with van der Waals surface area (Å²) in [6, 6.07) is 7.96. The Hall–Kier alpha value is -1.82. The predicted octanol–water partition coefficient (Wildman–Crippen LogP) is 3.32. The second kappa shape index (κ2) is 7.98. The van der Waals surface area contributed by atoms with E-state index in [1.54, 1.807) is 18.2 Å². The minimum Gasteiger partial charge on any atom is -0.508 e. The van der Waals surface area contributed by atoms with Gasteiger partial charge in [0.2, 0.25) is 0 Å². The number of halogens is 2. The van der Waals surface area contributed by atoms with Crippen molar-refractivity contribution < 1.29 is 10.2 Å². The molecule has 0 aliphatic heterocycles. The maximum absolute atomic E-state index is 9.40. The summed E-state index contributed by atoms with van der Waals surface area (Å²) in [6.07, 6.45) is 0. The van der Waals surface area contributed by atoms with Crippen molar-refractivity contribution in [1.82, 2.24) is 4.90 Å². The van der Waals surface area contributed by atoms with Crippen LogP contribution in [-0.2, 0) is 6.54 Å². The Bertz CT molecular complexity index is 626. The van der Waals surface area contributed by atoms with Crippen LogP contribution >= 0.6 is 23.2 Å². The van der Waals surface area contributed by atoms with Crippen molar-refractivity contribution in [3.8, 4) is 11.5 Å². The third-order valence-corrected chi connectivity index (χ3v) is 3.21. The van der Waals surface area contributed by atoms with E-state index in [0.29, 0.717) is 23.7 Å². The fraction of sp³-hybridized carbons (Fsp3) is 0.200. The zero-order valence-electron chi connectivity index (χ0n) is 12.3. The topological polar surface area (TPSA) is 95.7 Å². The summed E-state index contributed by atoms with van der Waals surface area (Å²) < 4.78 is 0. The van der Waals surface area contributed by atoms with E-state index in [0.717, 1.165) is 5.56 Å². The maximum Gasteiger partial charge on any atom is 0.152 e. The average molecular weight is 344 g/mol. The molecule has 2 aromatic carbocycles. The Balaban J connectivity index is 0.000000224. The molecule has 0 aromatic heterocycles. The molecule has 6 N–H and O–H groups in total. The first-order chi connectivity index (χ1) is 10.2. The summed E-state index contributed by atoms with van der Waals surface area (Å²) in [7, 11) is 3.89. The summed E-state index contributed by atoms with van der Waals surface area (Å²) in [4.78, 5) is 1.98. The quantitative estimate of drug-likeness (QED) is 0.495. The van der Waals surface area contributed by atoms with Crippen LogP contribution in [0.4, 0.5) is 11.4 Å². The smallest absolute Gasteiger partial charge is 0.152 e. The summed E-state index contributed by atoms with van der Waals surface area (Å²) in [5.74, 6) is 0.176. The van der Waals surface area contributed by atoms with Crippen molar-refractivity contribution in [1.29, 1.82) is 0 Å². The average Bonchev–Trinajstić information content (AvgIpc) is 2.40. The second-order valence-electron chi connectivity index (χ2n) is 4.96. The van der Waals surface area contributed by atoms with E-state index in [1.165, 1.54) is 12.1 Å². The molecule has 0 bridgehead atoms.